The first-order valence-electron chi connectivity index (χ1n) is 11.7. The molecular formula is C26H24N4O5S. The van der Waals surface area contributed by atoms with Crippen LogP contribution in [0.15, 0.2) is 66.0 Å². The molecule has 0 saturated carbocycles. The van der Waals surface area contributed by atoms with E-state index in [4.69, 9.17) is 4.74 Å². The second kappa shape index (κ2) is 8.51. The number of hydrogen-bond donors (Lipinski definition) is 1. The van der Waals surface area contributed by atoms with Crippen molar-refractivity contribution in [1.82, 2.24) is 18.5 Å². The maximum absolute atomic E-state index is 13.6. The van der Waals surface area contributed by atoms with Gasteiger partial charge >= 0.3 is 0 Å². The molecule has 0 radical (unpaired) electrons. The molecule has 1 saturated heterocycles. The molecule has 0 aliphatic carbocycles. The van der Waals surface area contributed by atoms with Crippen molar-refractivity contribution < 1.29 is 18.3 Å². The average Bonchev–Trinajstić information content (AvgIpc) is 3.31. The smallest absolute Gasteiger partial charge is 0.261 e. The highest BCUT2D eigenvalue weighted by molar-refractivity contribution is 7.89. The molecule has 6 rings (SSSR count). The number of fused-ring (bicyclic) bond motifs is 4. The molecule has 0 spiro atoms. The average molecular weight is 505 g/mol. The Labute approximate surface area is 206 Å². The summed E-state index contributed by atoms with van der Waals surface area (Å²) in [6.07, 6.45) is 6.00. The molecule has 5 aromatic rings. The molecule has 0 unspecified atom stereocenters. The zero-order valence-electron chi connectivity index (χ0n) is 19.5. The Hall–Kier alpha value is -3.60. The first kappa shape index (κ1) is 22.8. The van der Waals surface area contributed by atoms with Crippen molar-refractivity contribution in [2.75, 3.05) is 19.5 Å². The van der Waals surface area contributed by atoms with Gasteiger partial charge in [0.1, 0.15) is 0 Å². The zero-order chi connectivity index (χ0) is 25.0. The molecule has 3 aromatic heterocycles. The van der Waals surface area contributed by atoms with Crippen LogP contribution in [0.5, 0.6) is 0 Å². The number of pyridine rings is 1. The Kier molecular flexibility index (Phi) is 5.40. The maximum Gasteiger partial charge on any atom is 0.261 e. The quantitative estimate of drug-likeness (QED) is 0.374. The Bertz CT molecular complexity index is 1810. The van der Waals surface area contributed by atoms with Gasteiger partial charge < -0.3 is 9.84 Å². The van der Waals surface area contributed by atoms with Gasteiger partial charge in [-0.25, -0.2) is 22.4 Å². The Morgan fingerprint density at radius 1 is 1.06 bits per heavy atom. The normalized spacial score (nSPS) is 18.8. The number of hydrogen-bond acceptors (Lipinski definition) is 7. The number of benzene rings is 2. The van der Waals surface area contributed by atoms with E-state index < -0.39 is 22.2 Å². The first-order chi connectivity index (χ1) is 17.3. The standard InChI is InChI=1S/C26H24N4O5S/c1-36(33,34)30-10-7-19-16(6-9-27-25(19)30)12-17-13-21-24(20-5-3-2-4-18(17)20)28-15-29(26(21)32)22-8-11-35-14-23(22)31/h2-7,9-10,13,15,22-23,31H,8,11-12,14H2,1H3/t22-,23-/m0/s1. The van der Waals surface area contributed by atoms with Gasteiger partial charge in [-0.15, -0.1) is 0 Å². The molecule has 2 aromatic carbocycles. The minimum atomic E-state index is -3.49. The highest BCUT2D eigenvalue weighted by atomic mass is 32.2. The van der Waals surface area contributed by atoms with Crippen LogP contribution in [0.3, 0.4) is 0 Å². The predicted molar refractivity (Wildman–Crippen MR) is 137 cm³/mol. The molecule has 1 aliphatic heterocycles. The summed E-state index contributed by atoms with van der Waals surface area (Å²) in [5, 5.41) is 13.5. The van der Waals surface area contributed by atoms with Gasteiger partial charge in [-0.3, -0.25) is 9.36 Å². The van der Waals surface area contributed by atoms with E-state index in [1.165, 1.54) is 21.1 Å². The van der Waals surface area contributed by atoms with Crippen molar-refractivity contribution in [3.8, 4) is 0 Å². The first-order valence-corrected chi connectivity index (χ1v) is 13.5. The monoisotopic (exact) mass is 504 g/mol. The highest BCUT2D eigenvalue weighted by Gasteiger charge is 2.27. The molecule has 36 heavy (non-hydrogen) atoms. The summed E-state index contributed by atoms with van der Waals surface area (Å²) in [6.45, 7) is 0.656. The van der Waals surface area contributed by atoms with Crippen molar-refractivity contribution in [1.29, 1.82) is 0 Å². The largest absolute Gasteiger partial charge is 0.389 e. The lowest BCUT2D eigenvalue weighted by atomic mass is 9.95. The second-order valence-electron chi connectivity index (χ2n) is 9.19. The fourth-order valence-electron chi connectivity index (χ4n) is 5.16. The molecule has 1 N–H and O–H groups in total. The lowest BCUT2D eigenvalue weighted by Gasteiger charge is -2.29. The zero-order valence-corrected chi connectivity index (χ0v) is 20.4. The number of aromatic nitrogens is 4. The number of ether oxygens (including phenoxy) is 1. The molecule has 0 bridgehead atoms. The Balaban J connectivity index is 1.54. The van der Waals surface area contributed by atoms with Crippen LogP contribution in [0.2, 0.25) is 0 Å². The predicted octanol–water partition coefficient (Wildman–Crippen LogP) is 2.62. The number of aliphatic hydroxyl groups is 1. The lowest BCUT2D eigenvalue weighted by Crippen LogP contribution is -2.39. The van der Waals surface area contributed by atoms with E-state index in [-0.39, 0.29) is 12.2 Å². The summed E-state index contributed by atoms with van der Waals surface area (Å²) in [6, 6.07) is 12.9. The van der Waals surface area contributed by atoms with Crippen LogP contribution in [-0.4, -0.2) is 57.6 Å². The third kappa shape index (κ3) is 3.69. The summed E-state index contributed by atoms with van der Waals surface area (Å²) in [7, 11) is -3.49. The second-order valence-corrected chi connectivity index (χ2v) is 11.1. The fourth-order valence-corrected chi connectivity index (χ4v) is 5.91. The van der Waals surface area contributed by atoms with Crippen LogP contribution in [0, 0.1) is 0 Å². The van der Waals surface area contributed by atoms with Gasteiger partial charge in [0.2, 0.25) is 10.0 Å². The van der Waals surface area contributed by atoms with E-state index in [9.17, 15) is 18.3 Å². The lowest BCUT2D eigenvalue weighted by molar-refractivity contribution is -0.0395. The molecule has 1 fully saturated rings. The van der Waals surface area contributed by atoms with E-state index >= 15 is 0 Å². The maximum atomic E-state index is 13.6. The van der Waals surface area contributed by atoms with Gasteiger partial charge in [-0.2, -0.15) is 0 Å². The SMILES string of the molecule is CS(=O)(=O)n1ccc2c(Cc3cc4c(=O)n([C@H]5CCOC[C@@H]5O)cnc4c4ccccc34)ccnc21. The van der Waals surface area contributed by atoms with Crippen molar-refractivity contribution in [2.24, 2.45) is 0 Å². The fraction of sp³-hybridized carbons (Fsp3) is 0.269. The Morgan fingerprint density at radius 3 is 2.64 bits per heavy atom. The molecule has 10 heteroatoms. The summed E-state index contributed by atoms with van der Waals surface area (Å²) in [4.78, 5) is 22.6. The number of aliphatic hydroxyl groups excluding tert-OH is 1. The number of nitrogens with zero attached hydrogens (tertiary/aromatic N) is 4. The van der Waals surface area contributed by atoms with E-state index in [1.807, 2.05) is 36.4 Å². The van der Waals surface area contributed by atoms with E-state index in [2.05, 4.69) is 9.97 Å². The summed E-state index contributed by atoms with van der Waals surface area (Å²) in [5.74, 6) is 0. The molecule has 2 atom stereocenters. The minimum Gasteiger partial charge on any atom is -0.389 e. The topological polar surface area (TPSA) is 116 Å². The third-order valence-electron chi connectivity index (χ3n) is 6.91. The van der Waals surface area contributed by atoms with Crippen LogP contribution >= 0.6 is 0 Å². The van der Waals surface area contributed by atoms with Gasteiger partial charge in [-0.05, 0) is 47.6 Å². The molecular weight excluding hydrogens is 480 g/mol. The minimum absolute atomic E-state index is 0.184. The molecule has 0 amide bonds. The highest BCUT2D eigenvalue weighted by Crippen LogP contribution is 2.30. The molecule has 9 nitrogen and oxygen atoms in total. The van der Waals surface area contributed by atoms with E-state index in [0.717, 1.165) is 33.5 Å². The third-order valence-corrected chi connectivity index (χ3v) is 7.92. The number of rotatable bonds is 4. The van der Waals surface area contributed by atoms with Gasteiger partial charge in [0.15, 0.2) is 5.65 Å². The van der Waals surface area contributed by atoms with Crippen molar-refractivity contribution in [2.45, 2.75) is 25.0 Å². The van der Waals surface area contributed by atoms with Gasteiger partial charge in [-0.1, -0.05) is 24.3 Å². The van der Waals surface area contributed by atoms with Gasteiger partial charge in [0.05, 0.1) is 42.2 Å². The van der Waals surface area contributed by atoms with Gasteiger partial charge in [0, 0.05) is 29.8 Å². The summed E-state index contributed by atoms with van der Waals surface area (Å²) >= 11 is 0. The van der Waals surface area contributed by atoms with Crippen LogP contribution in [0.25, 0.3) is 32.7 Å². The molecule has 184 valence electrons. The van der Waals surface area contributed by atoms with Crippen LogP contribution in [0.1, 0.15) is 23.6 Å². The van der Waals surface area contributed by atoms with E-state index in [0.29, 0.717) is 36.0 Å². The van der Waals surface area contributed by atoms with Crippen LogP contribution in [0.4, 0.5) is 0 Å². The van der Waals surface area contributed by atoms with Crippen molar-refractivity contribution >= 4 is 42.7 Å². The molecule has 4 heterocycles. The van der Waals surface area contributed by atoms with Crippen molar-refractivity contribution in [3.05, 3.63) is 82.7 Å². The van der Waals surface area contributed by atoms with Crippen LogP contribution in [-0.2, 0) is 21.2 Å². The summed E-state index contributed by atoms with van der Waals surface area (Å²) < 4.78 is 32.4. The van der Waals surface area contributed by atoms with Crippen molar-refractivity contribution in [3.63, 3.8) is 0 Å². The Morgan fingerprint density at radius 2 is 1.86 bits per heavy atom. The molecule has 1 aliphatic rings. The van der Waals surface area contributed by atoms with E-state index in [1.54, 1.807) is 12.3 Å². The van der Waals surface area contributed by atoms with Crippen LogP contribution < -0.4 is 5.56 Å². The van der Waals surface area contributed by atoms with Gasteiger partial charge in [0.25, 0.3) is 5.56 Å². The summed E-state index contributed by atoms with van der Waals surface area (Å²) in [5.41, 5.74) is 2.59.